The zero-order valence-corrected chi connectivity index (χ0v) is 17.8. The van der Waals surface area contributed by atoms with Crippen LogP contribution in [0.15, 0.2) is 47.6 Å². The largest absolute Gasteiger partial charge is 0.462 e. The third-order valence-electron chi connectivity index (χ3n) is 4.32. The first-order chi connectivity index (χ1) is 13.4. The number of esters is 2. The van der Waals surface area contributed by atoms with E-state index in [0.717, 1.165) is 38.5 Å². The summed E-state index contributed by atoms with van der Waals surface area (Å²) in [6, 6.07) is 6.40. The molecule has 0 saturated heterocycles. The average molecular weight is 387 g/mol. The van der Waals surface area contributed by atoms with Crippen LogP contribution in [0.5, 0.6) is 0 Å². The Labute approximate surface area is 169 Å². The van der Waals surface area contributed by atoms with Gasteiger partial charge in [-0.2, -0.15) is 0 Å². The van der Waals surface area contributed by atoms with Gasteiger partial charge in [-0.25, -0.2) is 9.59 Å². The number of unbranched alkanes of at least 4 members (excludes halogenated alkanes) is 3. The molecule has 1 aromatic rings. The molecule has 154 valence electrons. The molecule has 0 saturated carbocycles. The highest BCUT2D eigenvalue weighted by Crippen LogP contribution is 2.10. The molecule has 0 aliphatic heterocycles. The molecule has 0 atom stereocenters. The number of hydrogen-bond acceptors (Lipinski definition) is 4. The van der Waals surface area contributed by atoms with Crippen molar-refractivity contribution >= 4 is 11.9 Å². The molecule has 0 aliphatic rings. The summed E-state index contributed by atoms with van der Waals surface area (Å²) in [4.78, 5) is 24.1. The van der Waals surface area contributed by atoms with E-state index in [-0.39, 0.29) is 12.6 Å². The van der Waals surface area contributed by atoms with Crippen molar-refractivity contribution in [1.29, 1.82) is 0 Å². The monoisotopic (exact) mass is 386 g/mol. The fraction of sp³-hybridized carbons (Fsp3) is 0.500. The van der Waals surface area contributed by atoms with E-state index >= 15 is 0 Å². The number of benzene rings is 1. The fourth-order valence-corrected chi connectivity index (χ4v) is 2.55. The molecule has 0 aromatic heterocycles. The second-order valence-corrected chi connectivity index (χ2v) is 7.24. The summed E-state index contributed by atoms with van der Waals surface area (Å²) in [7, 11) is 0. The van der Waals surface area contributed by atoms with E-state index in [1.165, 1.54) is 11.1 Å². The number of carbonyl (C=O) groups excluding carboxylic acids is 2. The zero-order valence-electron chi connectivity index (χ0n) is 17.8. The van der Waals surface area contributed by atoms with Crippen molar-refractivity contribution in [1.82, 2.24) is 0 Å². The Morgan fingerprint density at radius 2 is 1.46 bits per heavy atom. The molecule has 0 amide bonds. The molecule has 0 heterocycles. The number of rotatable bonds is 12. The SMILES string of the molecule is CCCCCCOC(=O)c1ccc(C(=O)OC/C=C(\C)CCC=C(C)C)cc1. The van der Waals surface area contributed by atoms with Crippen LogP contribution in [0.4, 0.5) is 0 Å². The molecule has 0 radical (unpaired) electrons. The first kappa shape index (κ1) is 23.7. The van der Waals surface area contributed by atoms with Crippen LogP contribution in [0.1, 0.15) is 86.9 Å². The highest BCUT2D eigenvalue weighted by molar-refractivity contribution is 5.93. The van der Waals surface area contributed by atoms with Crippen molar-refractivity contribution in [2.75, 3.05) is 13.2 Å². The average Bonchev–Trinajstić information content (AvgIpc) is 2.67. The van der Waals surface area contributed by atoms with Gasteiger partial charge in [0.1, 0.15) is 6.61 Å². The first-order valence-corrected chi connectivity index (χ1v) is 10.2. The maximum atomic E-state index is 12.1. The molecular formula is C24H34O4. The van der Waals surface area contributed by atoms with Gasteiger partial charge in [0.15, 0.2) is 0 Å². The standard InChI is InChI=1S/C24H34O4/c1-5-6-7-8-17-27-23(25)21-12-14-22(15-13-21)24(26)28-18-16-20(4)11-9-10-19(2)3/h10,12-16H,5-9,11,17-18H2,1-4H3/b20-16+. The van der Waals surface area contributed by atoms with Gasteiger partial charge in [0.05, 0.1) is 17.7 Å². The lowest BCUT2D eigenvalue weighted by molar-refractivity contribution is 0.0494. The van der Waals surface area contributed by atoms with Crippen molar-refractivity contribution in [3.63, 3.8) is 0 Å². The van der Waals surface area contributed by atoms with Gasteiger partial charge >= 0.3 is 11.9 Å². The molecule has 0 bridgehead atoms. The number of hydrogen-bond donors (Lipinski definition) is 0. The summed E-state index contributed by atoms with van der Waals surface area (Å²) in [5.74, 6) is -0.751. The molecule has 28 heavy (non-hydrogen) atoms. The molecular weight excluding hydrogens is 352 g/mol. The van der Waals surface area contributed by atoms with Crippen molar-refractivity contribution < 1.29 is 19.1 Å². The Hall–Kier alpha value is -2.36. The minimum atomic E-state index is -0.396. The molecule has 0 spiro atoms. The highest BCUT2D eigenvalue weighted by Gasteiger charge is 2.10. The van der Waals surface area contributed by atoms with Crippen LogP contribution in [0.2, 0.25) is 0 Å². The van der Waals surface area contributed by atoms with Gasteiger partial charge in [-0.15, -0.1) is 0 Å². The Bertz CT molecular complexity index is 664. The second kappa shape index (κ2) is 13.8. The number of ether oxygens (including phenoxy) is 2. The van der Waals surface area contributed by atoms with Crippen molar-refractivity contribution in [3.05, 3.63) is 58.7 Å². The zero-order chi connectivity index (χ0) is 20.8. The lowest BCUT2D eigenvalue weighted by Gasteiger charge is -2.06. The molecule has 1 rings (SSSR count). The molecule has 0 aliphatic carbocycles. The van der Waals surface area contributed by atoms with E-state index in [1.54, 1.807) is 24.3 Å². The molecule has 1 aromatic carbocycles. The molecule has 0 N–H and O–H groups in total. The quantitative estimate of drug-likeness (QED) is 0.241. The summed E-state index contributed by atoms with van der Waals surface area (Å²) in [5.41, 5.74) is 3.38. The lowest BCUT2D eigenvalue weighted by Crippen LogP contribution is -2.08. The fourth-order valence-electron chi connectivity index (χ4n) is 2.55. The van der Waals surface area contributed by atoms with Gasteiger partial charge in [-0.1, -0.05) is 43.4 Å². The van der Waals surface area contributed by atoms with Crippen LogP contribution in [-0.4, -0.2) is 25.2 Å². The maximum Gasteiger partial charge on any atom is 0.338 e. The normalized spacial score (nSPS) is 11.1. The molecule has 0 unspecified atom stereocenters. The lowest BCUT2D eigenvalue weighted by atomic mass is 10.1. The van der Waals surface area contributed by atoms with Crippen molar-refractivity contribution in [2.45, 2.75) is 66.2 Å². The molecule has 4 heteroatoms. The number of allylic oxidation sites excluding steroid dienone is 3. The Kier molecular flexibility index (Phi) is 11.6. The van der Waals surface area contributed by atoms with Gasteiger partial charge in [-0.05, 0) is 70.4 Å². The van der Waals surface area contributed by atoms with Crippen LogP contribution < -0.4 is 0 Å². The summed E-state index contributed by atoms with van der Waals surface area (Å²) < 4.78 is 10.5. The third-order valence-corrected chi connectivity index (χ3v) is 4.32. The summed E-state index contributed by atoms with van der Waals surface area (Å²) in [6.45, 7) is 9.03. The van der Waals surface area contributed by atoms with E-state index in [0.29, 0.717) is 17.7 Å². The predicted molar refractivity (Wildman–Crippen MR) is 114 cm³/mol. The Morgan fingerprint density at radius 3 is 2.04 bits per heavy atom. The van der Waals surface area contributed by atoms with E-state index in [9.17, 15) is 9.59 Å². The predicted octanol–water partition coefficient (Wildman–Crippen LogP) is 6.27. The summed E-state index contributed by atoms with van der Waals surface area (Å²) >= 11 is 0. The van der Waals surface area contributed by atoms with E-state index in [1.807, 2.05) is 13.0 Å². The van der Waals surface area contributed by atoms with Crippen LogP contribution in [-0.2, 0) is 9.47 Å². The smallest absolute Gasteiger partial charge is 0.338 e. The van der Waals surface area contributed by atoms with Crippen LogP contribution in [0, 0.1) is 0 Å². The van der Waals surface area contributed by atoms with Crippen LogP contribution in [0.25, 0.3) is 0 Å². The summed E-state index contributed by atoms with van der Waals surface area (Å²) in [6.07, 6.45) is 10.3. The topological polar surface area (TPSA) is 52.6 Å². The summed E-state index contributed by atoms with van der Waals surface area (Å²) in [5, 5.41) is 0. The minimum Gasteiger partial charge on any atom is -0.462 e. The second-order valence-electron chi connectivity index (χ2n) is 7.24. The molecule has 0 fully saturated rings. The van der Waals surface area contributed by atoms with E-state index in [4.69, 9.17) is 9.47 Å². The van der Waals surface area contributed by atoms with E-state index in [2.05, 4.69) is 26.8 Å². The van der Waals surface area contributed by atoms with Gasteiger partial charge in [0, 0.05) is 0 Å². The Morgan fingerprint density at radius 1 is 0.857 bits per heavy atom. The van der Waals surface area contributed by atoms with Gasteiger partial charge in [-0.3, -0.25) is 0 Å². The highest BCUT2D eigenvalue weighted by atomic mass is 16.5. The minimum absolute atomic E-state index is 0.251. The first-order valence-electron chi connectivity index (χ1n) is 10.2. The molecule has 4 nitrogen and oxygen atoms in total. The van der Waals surface area contributed by atoms with Gasteiger partial charge in [0.2, 0.25) is 0 Å². The van der Waals surface area contributed by atoms with Gasteiger partial charge in [0.25, 0.3) is 0 Å². The van der Waals surface area contributed by atoms with Crippen molar-refractivity contribution in [3.8, 4) is 0 Å². The maximum absolute atomic E-state index is 12.1. The van der Waals surface area contributed by atoms with E-state index < -0.39 is 5.97 Å². The number of carbonyl (C=O) groups is 2. The Balaban J connectivity index is 2.40. The van der Waals surface area contributed by atoms with Crippen molar-refractivity contribution in [2.24, 2.45) is 0 Å². The third kappa shape index (κ3) is 10.1. The van der Waals surface area contributed by atoms with Gasteiger partial charge < -0.3 is 9.47 Å². The van der Waals surface area contributed by atoms with Crippen LogP contribution >= 0.6 is 0 Å². The van der Waals surface area contributed by atoms with Crippen LogP contribution in [0.3, 0.4) is 0 Å².